The molecule has 0 radical (unpaired) electrons. The van der Waals surface area contributed by atoms with Crippen molar-refractivity contribution >= 4 is 27.5 Å². The Bertz CT molecular complexity index is 1220. The van der Waals surface area contributed by atoms with Gasteiger partial charge in [-0.3, -0.25) is 9.88 Å². The number of aryl methyl sites for hydroxylation is 1. The summed E-state index contributed by atoms with van der Waals surface area (Å²) in [6.45, 7) is 4.55. The molecule has 1 aliphatic heterocycles. The van der Waals surface area contributed by atoms with Crippen LogP contribution in [-0.2, 0) is 7.05 Å². The van der Waals surface area contributed by atoms with Gasteiger partial charge in [0.05, 0.1) is 5.52 Å². The van der Waals surface area contributed by atoms with E-state index in [-0.39, 0.29) is 0 Å². The van der Waals surface area contributed by atoms with Crippen LogP contribution in [-0.4, -0.2) is 46.7 Å². The lowest BCUT2D eigenvalue weighted by Crippen LogP contribution is -2.51. The number of hydrogen-bond donors (Lipinski definition) is 0. The molecule has 2 aromatic carbocycles. The molecule has 0 N–H and O–H groups in total. The predicted octanol–water partition coefficient (Wildman–Crippen LogP) is 5.57. The Labute approximate surface area is 190 Å². The molecule has 0 spiro atoms. The van der Waals surface area contributed by atoms with Gasteiger partial charge in [-0.05, 0) is 55.4 Å². The van der Waals surface area contributed by atoms with E-state index in [2.05, 4.69) is 87.2 Å². The van der Waals surface area contributed by atoms with Gasteiger partial charge in [0.1, 0.15) is 0 Å². The Morgan fingerprint density at radius 3 is 2.31 bits per heavy atom. The molecule has 0 amide bonds. The largest absolute Gasteiger partial charge is 0.368 e. The maximum Gasteiger partial charge on any atom is 0.0722 e. The van der Waals surface area contributed by atoms with E-state index < -0.39 is 0 Å². The third-order valence-corrected chi connectivity index (χ3v) is 7.86. The lowest BCUT2D eigenvalue weighted by Gasteiger charge is -2.43. The van der Waals surface area contributed by atoms with Crippen LogP contribution in [0.15, 0.2) is 67.0 Å². The van der Waals surface area contributed by atoms with Crippen LogP contribution in [0.3, 0.4) is 0 Å². The van der Waals surface area contributed by atoms with Crippen molar-refractivity contribution in [1.82, 2.24) is 14.5 Å². The molecule has 164 valence electrons. The first kappa shape index (κ1) is 19.8. The molecule has 3 heterocycles. The van der Waals surface area contributed by atoms with Crippen molar-refractivity contribution < 1.29 is 0 Å². The van der Waals surface area contributed by atoms with Gasteiger partial charge in [0.25, 0.3) is 0 Å². The number of anilines is 1. The highest BCUT2D eigenvalue weighted by molar-refractivity contribution is 5.91. The van der Waals surface area contributed by atoms with Crippen molar-refractivity contribution in [2.45, 2.75) is 37.6 Å². The first-order valence-corrected chi connectivity index (χ1v) is 12.1. The highest BCUT2D eigenvalue weighted by atomic mass is 15.3. The minimum absolute atomic E-state index is 0.710. The van der Waals surface area contributed by atoms with E-state index in [4.69, 9.17) is 0 Å². The van der Waals surface area contributed by atoms with Gasteiger partial charge in [-0.15, -0.1) is 0 Å². The standard InChI is InChI=1S/C28H32N4/c1-30-20-25(23-6-3-5-9-27(23)30)21-10-12-22(13-11-21)31-16-18-32(19-17-31)28-14-15-29-26-8-4-2-7-24(26)28/h2-9,14-15,20-22H,10-13,16-19H2,1H3. The SMILES string of the molecule is Cn1cc(C2CCC(N3CCN(c4ccnc5ccccc45)CC3)CC2)c2ccccc21. The zero-order chi connectivity index (χ0) is 21.5. The molecule has 2 aliphatic rings. The lowest BCUT2D eigenvalue weighted by molar-refractivity contribution is 0.141. The van der Waals surface area contributed by atoms with Gasteiger partial charge in [-0.2, -0.15) is 0 Å². The number of hydrogen-bond acceptors (Lipinski definition) is 3. The average Bonchev–Trinajstić information content (AvgIpc) is 3.20. The minimum Gasteiger partial charge on any atom is -0.368 e. The fourth-order valence-electron chi connectivity index (χ4n) is 6.13. The summed E-state index contributed by atoms with van der Waals surface area (Å²) in [5, 5.41) is 2.73. The smallest absolute Gasteiger partial charge is 0.0722 e. The molecular weight excluding hydrogens is 392 g/mol. The number of para-hydroxylation sites is 2. The van der Waals surface area contributed by atoms with Crippen LogP contribution in [0.2, 0.25) is 0 Å². The summed E-state index contributed by atoms with van der Waals surface area (Å²) in [4.78, 5) is 9.86. The summed E-state index contributed by atoms with van der Waals surface area (Å²) in [6, 6.07) is 20.3. The number of piperazine rings is 1. The number of fused-ring (bicyclic) bond motifs is 2. The van der Waals surface area contributed by atoms with Crippen molar-refractivity contribution in [3.8, 4) is 0 Å². The van der Waals surface area contributed by atoms with Crippen molar-refractivity contribution in [3.05, 3.63) is 72.6 Å². The first-order chi connectivity index (χ1) is 15.8. The first-order valence-electron chi connectivity index (χ1n) is 12.1. The van der Waals surface area contributed by atoms with Crippen LogP contribution in [0, 0.1) is 0 Å². The molecule has 2 fully saturated rings. The van der Waals surface area contributed by atoms with Crippen LogP contribution >= 0.6 is 0 Å². The third-order valence-electron chi connectivity index (χ3n) is 7.86. The van der Waals surface area contributed by atoms with Crippen LogP contribution in [0.5, 0.6) is 0 Å². The van der Waals surface area contributed by atoms with Gasteiger partial charge in [0, 0.05) is 73.6 Å². The lowest BCUT2D eigenvalue weighted by atomic mass is 9.81. The molecule has 4 nitrogen and oxygen atoms in total. The summed E-state index contributed by atoms with van der Waals surface area (Å²) >= 11 is 0. The molecule has 1 aliphatic carbocycles. The Morgan fingerprint density at radius 1 is 0.781 bits per heavy atom. The van der Waals surface area contributed by atoms with E-state index in [1.54, 1.807) is 5.56 Å². The highest BCUT2D eigenvalue weighted by Crippen LogP contribution is 2.39. The summed E-state index contributed by atoms with van der Waals surface area (Å²) in [5.74, 6) is 0.710. The molecule has 2 aromatic heterocycles. The van der Waals surface area contributed by atoms with Gasteiger partial charge in [0.15, 0.2) is 0 Å². The number of aromatic nitrogens is 2. The summed E-state index contributed by atoms with van der Waals surface area (Å²) in [5.41, 5.74) is 5.37. The van der Waals surface area contributed by atoms with Gasteiger partial charge < -0.3 is 9.47 Å². The summed E-state index contributed by atoms with van der Waals surface area (Å²) < 4.78 is 2.30. The van der Waals surface area contributed by atoms with Crippen molar-refractivity contribution in [3.63, 3.8) is 0 Å². The zero-order valence-electron chi connectivity index (χ0n) is 19.0. The Kier molecular flexibility index (Phi) is 5.11. The van der Waals surface area contributed by atoms with Gasteiger partial charge in [-0.25, -0.2) is 0 Å². The molecule has 4 heteroatoms. The molecular formula is C28H32N4. The van der Waals surface area contributed by atoms with Gasteiger partial charge in [0.2, 0.25) is 0 Å². The topological polar surface area (TPSA) is 24.3 Å². The molecule has 32 heavy (non-hydrogen) atoms. The predicted molar refractivity (Wildman–Crippen MR) is 133 cm³/mol. The van der Waals surface area contributed by atoms with Crippen molar-refractivity contribution in [1.29, 1.82) is 0 Å². The van der Waals surface area contributed by atoms with Gasteiger partial charge >= 0.3 is 0 Å². The van der Waals surface area contributed by atoms with Crippen molar-refractivity contribution in [2.75, 3.05) is 31.1 Å². The normalized spacial score (nSPS) is 22.6. The summed E-state index contributed by atoms with van der Waals surface area (Å²) in [6.07, 6.45) is 9.62. The van der Waals surface area contributed by atoms with E-state index in [9.17, 15) is 0 Å². The monoisotopic (exact) mass is 424 g/mol. The molecule has 6 rings (SSSR count). The zero-order valence-corrected chi connectivity index (χ0v) is 19.0. The number of nitrogens with zero attached hydrogens (tertiary/aromatic N) is 4. The minimum atomic E-state index is 0.710. The fourth-order valence-corrected chi connectivity index (χ4v) is 6.13. The van der Waals surface area contributed by atoms with E-state index in [0.717, 1.165) is 24.6 Å². The van der Waals surface area contributed by atoms with Crippen molar-refractivity contribution in [2.24, 2.45) is 7.05 Å². The summed E-state index contributed by atoms with van der Waals surface area (Å²) in [7, 11) is 2.18. The molecule has 1 saturated heterocycles. The quantitative estimate of drug-likeness (QED) is 0.429. The van der Waals surface area contributed by atoms with E-state index >= 15 is 0 Å². The highest BCUT2D eigenvalue weighted by Gasteiger charge is 2.30. The average molecular weight is 425 g/mol. The van der Waals surface area contributed by atoms with E-state index in [1.165, 1.54) is 60.7 Å². The second-order valence-corrected chi connectivity index (χ2v) is 9.59. The molecule has 1 saturated carbocycles. The number of benzene rings is 2. The number of pyridine rings is 1. The maximum atomic E-state index is 4.54. The Hall–Kier alpha value is -2.85. The van der Waals surface area contributed by atoms with Crippen LogP contribution < -0.4 is 4.90 Å². The second kappa shape index (κ2) is 8.25. The third kappa shape index (κ3) is 3.47. The van der Waals surface area contributed by atoms with Gasteiger partial charge in [-0.1, -0.05) is 36.4 Å². The molecule has 0 unspecified atom stereocenters. The van der Waals surface area contributed by atoms with Crippen LogP contribution in [0.4, 0.5) is 5.69 Å². The fraction of sp³-hybridized carbons (Fsp3) is 0.393. The molecule has 0 atom stereocenters. The molecule has 4 aromatic rings. The Balaban J connectivity index is 1.10. The Morgan fingerprint density at radius 2 is 1.50 bits per heavy atom. The second-order valence-electron chi connectivity index (χ2n) is 9.59. The van der Waals surface area contributed by atoms with E-state index in [0.29, 0.717) is 5.92 Å². The van der Waals surface area contributed by atoms with Crippen LogP contribution in [0.25, 0.3) is 21.8 Å². The molecule has 0 bridgehead atoms. The van der Waals surface area contributed by atoms with Crippen LogP contribution in [0.1, 0.15) is 37.2 Å². The van der Waals surface area contributed by atoms with E-state index in [1.807, 2.05) is 6.20 Å². The number of rotatable bonds is 3. The maximum absolute atomic E-state index is 4.54.